The van der Waals surface area contributed by atoms with Crippen LogP contribution in [-0.4, -0.2) is 21.9 Å². The van der Waals surface area contributed by atoms with Crippen molar-refractivity contribution in [3.8, 4) is 0 Å². The summed E-state index contributed by atoms with van der Waals surface area (Å²) in [5.41, 5.74) is 0.522. The van der Waals surface area contributed by atoms with Gasteiger partial charge in [0, 0.05) is 5.41 Å². The van der Waals surface area contributed by atoms with Crippen LogP contribution in [0.25, 0.3) is 0 Å². The van der Waals surface area contributed by atoms with E-state index in [0.717, 1.165) is 19.3 Å². The molecule has 1 unspecified atom stereocenters. The van der Waals surface area contributed by atoms with Crippen molar-refractivity contribution < 1.29 is 10.2 Å². The number of rotatable bonds is 1. The number of aliphatic hydroxyl groups excluding tert-OH is 1. The summed E-state index contributed by atoms with van der Waals surface area (Å²) in [5, 5.41) is 20.3. The summed E-state index contributed by atoms with van der Waals surface area (Å²) in [6.07, 6.45) is 9.89. The highest BCUT2D eigenvalue weighted by Crippen LogP contribution is 2.48. The minimum Gasteiger partial charge on any atom is -0.393 e. The van der Waals surface area contributed by atoms with Gasteiger partial charge in [-0.1, -0.05) is 30.7 Å². The van der Waals surface area contributed by atoms with Crippen molar-refractivity contribution in [2.45, 2.75) is 57.7 Å². The van der Waals surface area contributed by atoms with Gasteiger partial charge in [-0.2, -0.15) is 0 Å². The molecular formula is C14H22O2. The lowest BCUT2D eigenvalue weighted by Gasteiger charge is -2.48. The van der Waals surface area contributed by atoms with Gasteiger partial charge in [-0.3, -0.25) is 0 Å². The van der Waals surface area contributed by atoms with Crippen LogP contribution in [0.15, 0.2) is 23.8 Å². The van der Waals surface area contributed by atoms with Crippen molar-refractivity contribution in [2.75, 3.05) is 0 Å². The Hall–Kier alpha value is -0.600. The zero-order valence-electron chi connectivity index (χ0n) is 10.2. The summed E-state index contributed by atoms with van der Waals surface area (Å²) < 4.78 is 0. The molecule has 0 aromatic heterocycles. The van der Waals surface area contributed by atoms with Crippen molar-refractivity contribution in [1.82, 2.24) is 0 Å². The molecule has 0 bridgehead atoms. The molecular weight excluding hydrogens is 200 g/mol. The van der Waals surface area contributed by atoms with Gasteiger partial charge in [0.05, 0.1) is 11.7 Å². The molecule has 1 fully saturated rings. The first-order chi connectivity index (χ1) is 7.45. The van der Waals surface area contributed by atoms with E-state index >= 15 is 0 Å². The van der Waals surface area contributed by atoms with Crippen molar-refractivity contribution in [3.05, 3.63) is 23.8 Å². The van der Waals surface area contributed by atoms with Crippen LogP contribution in [0.1, 0.15) is 46.0 Å². The molecule has 1 atom stereocenters. The third-order valence-electron chi connectivity index (χ3n) is 4.34. The molecule has 0 aromatic rings. The molecule has 90 valence electrons. The largest absolute Gasteiger partial charge is 0.393 e. The van der Waals surface area contributed by atoms with E-state index in [0.29, 0.717) is 12.8 Å². The standard InChI is InChI=1S/C14H22O2/c1-11-4-3-7-13(2,10-11)14(16)8-5-12(15)6-9-14/h3-4,7,12,15-16H,5-6,8-10H2,1-2H3. The zero-order valence-corrected chi connectivity index (χ0v) is 10.2. The third kappa shape index (κ3) is 1.96. The minimum atomic E-state index is -0.641. The molecule has 1 saturated carbocycles. The second-order valence-corrected chi connectivity index (χ2v) is 5.73. The van der Waals surface area contributed by atoms with E-state index in [1.165, 1.54) is 5.57 Å². The van der Waals surface area contributed by atoms with Gasteiger partial charge in [0.1, 0.15) is 0 Å². The predicted octanol–water partition coefficient (Wildman–Crippen LogP) is 2.56. The quantitative estimate of drug-likeness (QED) is 0.716. The summed E-state index contributed by atoms with van der Waals surface area (Å²) in [5.74, 6) is 0. The normalized spacial score (nSPS) is 44.2. The van der Waals surface area contributed by atoms with E-state index in [1.54, 1.807) is 0 Å². The van der Waals surface area contributed by atoms with Crippen molar-refractivity contribution in [1.29, 1.82) is 0 Å². The summed E-state index contributed by atoms with van der Waals surface area (Å²) >= 11 is 0. The van der Waals surface area contributed by atoms with Crippen LogP contribution in [0.3, 0.4) is 0 Å². The van der Waals surface area contributed by atoms with Crippen LogP contribution in [0.2, 0.25) is 0 Å². The highest BCUT2D eigenvalue weighted by Gasteiger charge is 2.47. The number of allylic oxidation sites excluding steroid dienone is 3. The smallest absolute Gasteiger partial charge is 0.0740 e. The molecule has 16 heavy (non-hydrogen) atoms. The second kappa shape index (κ2) is 4.01. The van der Waals surface area contributed by atoms with Crippen LogP contribution in [0, 0.1) is 5.41 Å². The second-order valence-electron chi connectivity index (χ2n) is 5.73. The molecule has 2 nitrogen and oxygen atoms in total. The summed E-state index contributed by atoms with van der Waals surface area (Å²) in [6.45, 7) is 4.25. The lowest BCUT2D eigenvalue weighted by atomic mass is 9.62. The number of hydrogen-bond donors (Lipinski definition) is 2. The maximum atomic E-state index is 10.8. The summed E-state index contributed by atoms with van der Waals surface area (Å²) in [7, 11) is 0. The molecule has 0 aliphatic heterocycles. The lowest BCUT2D eigenvalue weighted by Crippen LogP contribution is -2.49. The van der Waals surface area contributed by atoms with Crippen molar-refractivity contribution in [3.63, 3.8) is 0 Å². The molecule has 0 aromatic carbocycles. The van der Waals surface area contributed by atoms with Gasteiger partial charge in [-0.25, -0.2) is 0 Å². The molecule has 0 saturated heterocycles. The Morgan fingerprint density at radius 1 is 1.31 bits per heavy atom. The SMILES string of the molecule is CC1=CC=CC(C)(C2(O)CCC(O)CC2)C1. The van der Waals surface area contributed by atoms with Gasteiger partial charge in [0.2, 0.25) is 0 Å². The van der Waals surface area contributed by atoms with E-state index in [1.807, 2.05) is 0 Å². The minimum absolute atomic E-state index is 0.161. The zero-order chi connectivity index (χ0) is 11.8. The Morgan fingerprint density at radius 2 is 1.94 bits per heavy atom. The Kier molecular flexibility index (Phi) is 2.97. The fourth-order valence-corrected chi connectivity index (χ4v) is 3.09. The summed E-state index contributed by atoms with van der Waals surface area (Å²) in [6, 6.07) is 0. The first-order valence-corrected chi connectivity index (χ1v) is 6.21. The highest BCUT2D eigenvalue weighted by atomic mass is 16.3. The molecule has 0 heterocycles. The maximum Gasteiger partial charge on any atom is 0.0740 e. The highest BCUT2D eigenvalue weighted by molar-refractivity contribution is 5.25. The maximum absolute atomic E-state index is 10.8. The summed E-state index contributed by atoms with van der Waals surface area (Å²) in [4.78, 5) is 0. The van der Waals surface area contributed by atoms with Gasteiger partial charge < -0.3 is 10.2 Å². The first kappa shape index (κ1) is 11.9. The van der Waals surface area contributed by atoms with E-state index in [2.05, 4.69) is 32.1 Å². The third-order valence-corrected chi connectivity index (χ3v) is 4.34. The van der Waals surface area contributed by atoms with E-state index in [9.17, 15) is 10.2 Å². The molecule has 2 aliphatic rings. The number of hydrogen-bond acceptors (Lipinski definition) is 2. The number of aliphatic hydroxyl groups is 2. The van der Waals surface area contributed by atoms with Crippen LogP contribution in [0.4, 0.5) is 0 Å². The van der Waals surface area contributed by atoms with Gasteiger partial charge in [0.25, 0.3) is 0 Å². The van der Waals surface area contributed by atoms with E-state index < -0.39 is 5.60 Å². The molecule has 2 heteroatoms. The van der Waals surface area contributed by atoms with Crippen LogP contribution in [0.5, 0.6) is 0 Å². The topological polar surface area (TPSA) is 40.5 Å². The van der Waals surface area contributed by atoms with Crippen molar-refractivity contribution in [2.24, 2.45) is 5.41 Å². The Balaban J connectivity index is 2.17. The molecule has 2 aliphatic carbocycles. The Morgan fingerprint density at radius 3 is 2.50 bits per heavy atom. The van der Waals surface area contributed by atoms with Gasteiger partial charge in [-0.15, -0.1) is 0 Å². The Labute approximate surface area is 97.7 Å². The predicted molar refractivity (Wildman–Crippen MR) is 65.0 cm³/mol. The monoisotopic (exact) mass is 222 g/mol. The van der Waals surface area contributed by atoms with Crippen LogP contribution < -0.4 is 0 Å². The molecule has 0 radical (unpaired) electrons. The lowest BCUT2D eigenvalue weighted by molar-refractivity contribution is -0.0988. The van der Waals surface area contributed by atoms with Gasteiger partial charge >= 0.3 is 0 Å². The van der Waals surface area contributed by atoms with Gasteiger partial charge in [-0.05, 0) is 39.0 Å². The molecule has 2 rings (SSSR count). The van der Waals surface area contributed by atoms with Crippen LogP contribution >= 0.6 is 0 Å². The molecule has 2 N–H and O–H groups in total. The Bertz CT molecular complexity index is 322. The van der Waals surface area contributed by atoms with Crippen LogP contribution in [-0.2, 0) is 0 Å². The average molecular weight is 222 g/mol. The molecule has 0 amide bonds. The van der Waals surface area contributed by atoms with E-state index in [-0.39, 0.29) is 11.5 Å². The fraction of sp³-hybridized carbons (Fsp3) is 0.714. The fourth-order valence-electron chi connectivity index (χ4n) is 3.09. The van der Waals surface area contributed by atoms with Gasteiger partial charge in [0.15, 0.2) is 0 Å². The van der Waals surface area contributed by atoms with E-state index in [4.69, 9.17) is 0 Å². The molecule has 0 spiro atoms. The van der Waals surface area contributed by atoms with Crippen molar-refractivity contribution >= 4 is 0 Å². The first-order valence-electron chi connectivity index (χ1n) is 6.21. The average Bonchev–Trinajstić information content (AvgIpc) is 2.22.